The number of carboxylic acids is 1. The molecule has 1 aromatic carbocycles. The van der Waals surface area contributed by atoms with Gasteiger partial charge in [-0.25, -0.2) is 4.79 Å². The second kappa shape index (κ2) is 5.92. The molecule has 3 unspecified atom stereocenters. The number of benzene rings is 1. The molecule has 6 nitrogen and oxygen atoms in total. The Labute approximate surface area is 130 Å². The van der Waals surface area contributed by atoms with Crippen LogP contribution in [0.5, 0.6) is 0 Å². The van der Waals surface area contributed by atoms with Gasteiger partial charge in [-0.05, 0) is 11.6 Å². The fourth-order valence-corrected chi connectivity index (χ4v) is 4.31. The summed E-state index contributed by atoms with van der Waals surface area (Å²) >= 11 is 0. The second-order valence-electron chi connectivity index (χ2n) is 5.32. The van der Waals surface area contributed by atoms with Crippen LogP contribution in [0.3, 0.4) is 0 Å². The number of carbonyl (C=O) groups excluding carboxylic acids is 1. The zero-order chi connectivity index (χ0) is 15.7. The lowest BCUT2D eigenvalue weighted by molar-refractivity contribution is -0.135. The Morgan fingerprint density at radius 1 is 1.32 bits per heavy atom. The molecule has 3 rings (SSSR count). The average Bonchev–Trinajstić information content (AvgIpc) is 2.45. The quantitative estimate of drug-likeness (QED) is 0.821. The molecule has 2 N–H and O–H groups in total. The van der Waals surface area contributed by atoms with Crippen molar-refractivity contribution >= 4 is 22.7 Å². The van der Waals surface area contributed by atoms with Gasteiger partial charge in [0.1, 0.15) is 11.1 Å². The maximum Gasteiger partial charge on any atom is 0.351 e. The molecule has 0 saturated carbocycles. The maximum absolute atomic E-state index is 12.1. The van der Waals surface area contributed by atoms with Crippen LogP contribution in [0.1, 0.15) is 5.56 Å². The molecule has 22 heavy (non-hydrogen) atoms. The molecule has 0 aliphatic carbocycles. The number of nitrogens with one attached hydrogen (secondary N) is 1. The van der Waals surface area contributed by atoms with Crippen molar-refractivity contribution in [1.29, 1.82) is 0 Å². The van der Waals surface area contributed by atoms with Crippen molar-refractivity contribution in [3.8, 4) is 0 Å². The lowest BCUT2D eigenvalue weighted by atomic mass is 10.1. The van der Waals surface area contributed by atoms with Gasteiger partial charge in [-0.15, -0.1) is 0 Å². The van der Waals surface area contributed by atoms with Gasteiger partial charge < -0.3 is 15.3 Å². The number of fused-ring (bicyclic) bond motifs is 1. The summed E-state index contributed by atoms with van der Waals surface area (Å²) in [7, 11) is -1.19. The van der Waals surface area contributed by atoms with Gasteiger partial charge in [0.05, 0.1) is 23.3 Å². The van der Waals surface area contributed by atoms with E-state index in [0.717, 1.165) is 5.56 Å². The van der Waals surface area contributed by atoms with E-state index in [4.69, 9.17) is 5.11 Å². The number of carbonyl (C=O) groups is 2. The Bertz CT molecular complexity index is 659. The zero-order valence-corrected chi connectivity index (χ0v) is 12.6. The maximum atomic E-state index is 12.1. The van der Waals surface area contributed by atoms with Crippen LogP contribution < -0.4 is 5.32 Å². The Balaban J connectivity index is 1.62. The van der Waals surface area contributed by atoms with Gasteiger partial charge in [0.15, 0.2) is 0 Å². The van der Waals surface area contributed by atoms with Gasteiger partial charge in [0.25, 0.3) is 0 Å². The summed E-state index contributed by atoms with van der Waals surface area (Å²) in [5, 5.41) is 11.5. The SMILES string of the molecule is O=C(Cc1ccccc1)NC1CN2C(C(=O)O)=CCS(=O)C12. The highest BCUT2D eigenvalue weighted by Crippen LogP contribution is 2.30. The number of amides is 1. The molecule has 7 heteroatoms. The topological polar surface area (TPSA) is 86.7 Å². The van der Waals surface area contributed by atoms with E-state index in [1.807, 2.05) is 30.3 Å². The predicted molar refractivity (Wildman–Crippen MR) is 81.3 cm³/mol. The van der Waals surface area contributed by atoms with Crippen molar-refractivity contribution in [2.45, 2.75) is 17.8 Å². The van der Waals surface area contributed by atoms with E-state index in [2.05, 4.69) is 5.32 Å². The summed E-state index contributed by atoms with van der Waals surface area (Å²) in [4.78, 5) is 24.8. The highest BCUT2D eigenvalue weighted by Gasteiger charge is 2.47. The summed E-state index contributed by atoms with van der Waals surface area (Å²) in [5.41, 5.74) is 1.09. The van der Waals surface area contributed by atoms with Crippen LogP contribution >= 0.6 is 0 Å². The van der Waals surface area contributed by atoms with Crippen molar-refractivity contribution in [3.05, 3.63) is 47.7 Å². The van der Waals surface area contributed by atoms with E-state index in [0.29, 0.717) is 6.54 Å². The first-order chi connectivity index (χ1) is 10.6. The molecule has 116 valence electrons. The molecule has 0 spiro atoms. The monoisotopic (exact) mass is 320 g/mol. The highest BCUT2D eigenvalue weighted by atomic mass is 32.2. The molecule has 1 amide bonds. The molecule has 2 heterocycles. The van der Waals surface area contributed by atoms with E-state index >= 15 is 0 Å². The van der Waals surface area contributed by atoms with E-state index in [1.165, 1.54) is 6.08 Å². The Kier molecular flexibility index (Phi) is 3.98. The largest absolute Gasteiger partial charge is 0.477 e. The van der Waals surface area contributed by atoms with Crippen LogP contribution in [0.15, 0.2) is 42.1 Å². The van der Waals surface area contributed by atoms with E-state index < -0.39 is 22.1 Å². The molecular formula is C15H16N2O4S. The van der Waals surface area contributed by atoms with Gasteiger partial charge in [0.2, 0.25) is 5.91 Å². The van der Waals surface area contributed by atoms with Crippen molar-refractivity contribution in [1.82, 2.24) is 10.2 Å². The minimum atomic E-state index is -1.19. The van der Waals surface area contributed by atoms with Crippen LogP contribution in [0.4, 0.5) is 0 Å². The summed E-state index contributed by atoms with van der Waals surface area (Å²) in [6, 6.07) is 9.10. The third-order valence-electron chi connectivity index (χ3n) is 3.84. The third-order valence-corrected chi connectivity index (χ3v) is 5.45. The average molecular weight is 320 g/mol. The molecule has 1 fully saturated rings. The van der Waals surface area contributed by atoms with E-state index in [-0.39, 0.29) is 29.8 Å². The molecule has 1 aromatic rings. The fourth-order valence-electron chi connectivity index (χ4n) is 2.79. The molecule has 1 saturated heterocycles. The smallest absolute Gasteiger partial charge is 0.351 e. The van der Waals surface area contributed by atoms with Crippen molar-refractivity contribution in [2.75, 3.05) is 12.3 Å². The number of nitrogens with zero attached hydrogens (tertiary/aromatic N) is 1. The van der Waals surface area contributed by atoms with Crippen LogP contribution in [0.2, 0.25) is 0 Å². The Hall–Kier alpha value is -2.15. The number of aliphatic carboxylic acids is 1. The standard InChI is InChI=1S/C15H16N2O4S/c18-13(8-10-4-2-1-3-5-10)16-11-9-17-12(15(19)20)6-7-22(21)14(11)17/h1-6,11,14H,7-9H2,(H,16,18)(H,19,20). The molecule has 0 radical (unpaired) electrons. The fraction of sp³-hybridized carbons (Fsp3) is 0.333. The number of hydrogen-bond acceptors (Lipinski definition) is 4. The molecule has 2 aliphatic rings. The van der Waals surface area contributed by atoms with Crippen LogP contribution in [0.25, 0.3) is 0 Å². The van der Waals surface area contributed by atoms with Gasteiger partial charge >= 0.3 is 5.97 Å². The van der Waals surface area contributed by atoms with E-state index in [1.54, 1.807) is 4.90 Å². The molecule has 3 atom stereocenters. The van der Waals surface area contributed by atoms with Gasteiger partial charge in [-0.2, -0.15) is 0 Å². The molecular weight excluding hydrogens is 304 g/mol. The lowest BCUT2D eigenvalue weighted by Gasteiger charge is -2.50. The third kappa shape index (κ3) is 2.76. The first kappa shape index (κ1) is 14.8. The van der Waals surface area contributed by atoms with Crippen LogP contribution in [0, 0.1) is 0 Å². The van der Waals surface area contributed by atoms with Gasteiger partial charge in [0, 0.05) is 12.3 Å². The predicted octanol–water partition coefficient (Wildman–Crippen LogP) is 0.0864. The van der Waals surface area contributed by atoms with Crippen LogP contribution in [-0.2, 0) is 26.8 Å². The first-order valence-corrected chi connectivity index (χ1v) is 8.35. The lowest BCUT2D eigenvalue weighted by Crippen LogP contribution is -2.69. The summed E-state index contributed by atoms with van der Waals surface area (Å²) < 4.78 is 12.1. The first-order valence-electron chi connectivity index (χ1n) is 6.97. The summed E-state index contributed by atoms with van der Waals surface area (Å²) in [6.45, 7) is 0.384. The minimum absolute atomic E-state index is 0.140. The van der Waals surface area contributed by atoms with E-state index in [9.17, 15) is 13.8 Å². The minimum Gasteiger partial charge on any atom is -0.477 e. The summed E-state index contributed by atoms with van der Waals surface area (Å²) in [6.07, 6.45) is 1.75. The normalized spacial score (nSPS) is 26.5. The van der Waals surface area contributed by atoms with Gasteiger partial charge in [-0.1, -0.05) is 30.3 Å². The van der Waals surface area contributed by atoms with Crippen LogP contribution in [-0.4, -0.2) is 49.8 Å². The Morgan fingerprint density at radius 3 is 2.73 bits per heavy atom. The second-order valence-corrected chi connectivity index (χ2v) is 6.90. The molecule has 0 bridgehead atoms. The highest BCUT2D eigenvalue weighted by molar-refractivity contribution is 7.85. The molecule has 0 aromatic heterocycles. The van der Waals surface area contributed by atoms with Gasteiger partial charge in [-0.3, -0.25) is 9.00 Å². The molecule has 2 aliphatic heterocycles. The zero-order valence-electron chi connectivity index (χ0n) is 11.8. The number of rotatable bonds is 4. The number of carboxylic acid groups (broad SMARTS) is 1. The van der Waals surface area contributed by atoms with Crippen molar-refractivity contribution in [3.63, 3.8) is 0 Å². The van der Waals surface area contributed by atoms with Crippen molar-refractivity contribution < 1.29 is 18.9 Å². The summed E-state index contributed by atoms with van der Waals surface area (Å²) in [5.74, 6) is -0.941. The number of hydrogen-bond donors (Lipinski definition) is 2. The Morgan fingerprint density at radius 2 is 2.05 bits per heavy atom. The van der Waals surface area contributed by atoms with Crippen molar-refractivity contribution in [2.24, 2.45) is 0 Å².